The minimum atomic E-state index is 0.189. The van der Waals surface area contributed by atoms with Crippen LogP contribution in [0.2, 0.25) is 0 Å². The van der Waals surface area contributed by atoms with Crippen LogP contribution in [-0.4, -0.2) is 9.97 Å². The standard InChI is InChI=1S/C12H11Br2N3/c1-8(9-3-2-4-10(13)5-9)17-12-6-11(14)15-7-16-12/h2-8H,1H3,(H,15,16,17). The Labute approximate surface area is 117 Å². The molecule has 0 fully saturated rings. The van der Waals surface area contributed by atoms with Crippen LogP contribution in [0.4, 0.5) is 5.82 Å². The summed E-state index contributed by atoms with van der Waals surface area (Å²) in [6.07, 6.45) is 1.53. The normalized spacial score (nSPS) is 12.2. The van der Waals surface area contributed by atoms with Crippen molar-refractivity contribution in [2.75, 3.05) is 5.32 Å². The predicted molar refractivity (Wildman–Crippen MR) is 75.9 cm³/mol. The number of nitrogens with one attached hydrogen (secondary N) is 1. The van der Waals surface area contributed by atoms with Crippen molar-refractivity contribution < 1.29 is 0 Å². The van der Waals surface area contributed by atoms with Gasteiger partial charge in [0, 0.05) is 16.6 Å². The van der Waals surface area contributed by atoms with Gasteiger partial charge in [-0.3, -0.25) is 0 Å². The van der Waals surface area contributed by atoms with E-state index in [2.05, 4.69) is 66.2 Å². The summed E-state index contributed by atoms with van der Waals surface area (Å²) in [5.74, 6) is 0.805. The smallest absolute Gasteiger partial charge is 0.130 e. The molecule has 5 heteroatoms. The number of rotatable bonds is 3. The van der Waals surface area contributed by atoms with E-state index in [9.17, 15) is 0 Å². The topological polar surface area (TPSA) is 37.8 Å². The number of anilines is 1. The van der Waals surface area contributed by atoms with Crippen molar-refractivity contribution >= 4 is 37.7 Å². The van der Waals surface area contributed by atoms with E-state index in [-0.39, 0.29) is 6.04 Å². The molecule has 1 aromatic carbocycles. The fraction of sp³-hybridized carbons (Fsp3) is 0.167. The maximum atomic E-state index is 4.16. The van der Waals surface area contributed by atoms with Gasteiger partial charge in [-0.15, -0.1) is 0 Å². The van der Waals surface area contributed by atoms with Gasteiger partial charge in [-0.2, -0.15) is 0 Å². The van der Waals surface area contributed by atoms with Crippen molar-refractivity contribution in [1.29, 1.82) is 0 Å². The highest BCUT2D eigenvalue weighted by molar-refractivity contribution is 9.10. The molecule has 0 bridgehead atoms. The highest BCUT2D eigenvalue weighted by atomic mass is 79.9. The Morgan fingerprint density at radius 2 is 2.00 bits per heavy atom. The number of nitrogens with zero attached hydrogens (tertiary/aromatic N) is 2. The second-order valence-corrected chi connectivity index (χ2v) is 5.38. The Kier molecular flexibility index (Phi) is 4.12. The van der Waals surface area contributed by atoms with Crippen LogP contribution >= 0.6 is 31.9 Å². The third kappa shape index (κ3) is 3.51. The summed E-state index contributed by atoms with van der Waals surface area (Å²) in [5, 5.41) is 3.32. The molecule has 1 atom stereocenters. The second-order valence-electron chi connectivity index (χ2n) is 3.65. The fourth-order valence-corrected chi connectivity index (χ4v) is 2.22. The molecule has 1 aromatic heterocycles. The number of aromatic nitrogens is 2. The Morgan fingerprint density at radius 1 is 1.18 bits per heavy atom. The summed E-state index contributed by atoms with van der Waals surface area (Å²) in [4.78, 5) is 8.16. The van der Waals surface area contributed by atoms with Crippen molar-refractivity contribution in [3.8, 4) is 0 Å². The van der Waals surface area contributed by atoms with E-state index in [0.29, 0.717) is 0 Å². The molecule has 2 rings (SSSR count). The Morgan fingerprint density at radius 3 is 2.71 bits per heavy atom. The van der Waals surface area contributed by atoms with E-state index in [1.807, 2.05) is 18.2 Å². The molecule has 17 heavy (non-hydrogen) atoms. The first-order valence-corrected chi connectivity index (χ1v) is 6.73. The van der Waals surface area contributed by atoms with Crippen LogP contribution in [0.25, 0.3) is 0 Å². The molecule has 88 valence electrons. The third-order valence-corrected chi connectivity index (χ3v) is 3.27. The van der Waals surface area contributed by atoms with E-state index < -0.39 is 0 Å². The molecule has 0 aliphatic carbocycles. The van der Waals surface area contributed by atoms with Gasteiger partial charge in [0.05, 0.1) is 0 Å². The Hall–Kier alpha value is -0.940. The molecule has 0 spiro atoms. The van der Waals surface area contributed by atoms with E-state index in [1.165, 1.54) is 11.9 Å². The molecule has 0 amide bonds. The second kappa shape index (κ2) is 5.60. The lowest BCUT2D eigenvalue weighted by Crippen LogP contribution is -2.07. The number of benzene rings is 1. The first kappa shape index (κ1) is 12.5. The van der Waals surface area contributed by atoms with Crippen LogP contribution in [0, 0.1) is 0 Å². The highest BCUT2D eigenvalue weighted by Crippen LogP contribution is 2.21. The Balaban J connectivity index is 2.14. The molecule has 1 unspecified atom stereocenters. The van der Waals surface area contributed by atoms with Gasteiger partial charge in [0.1, 0.15) is 16.7 Å². The van der Waals surface area contributed by atoms with Crippen molar-refractivity contribution in [2.24, 2.45) is 0 Å². The van der Waals surface area contributed by atoms with E-state index in [1.54, 1.807) is 0 Å². The SMILES string of the molecule is CC(Nc1cc(Br)ncn1)c1cccc(Br)c1. The maximum absolute atomic E-state index is 4.16. The zero-order chi connectivity index (χ0) is 12.3. The molecule has 0 aliphatic rings. The molecule has 2 aromatic rings. The first-order valence-electron chi connectivity index (χ1n) is 5.14. The van der Waals surface area contributed by atoms with Gasteiger partial charge >= 0.3 is 0 Å². The number of halogens is 2. The van der Waals surface area contributed by atoms with Crippen LogP contribution in [0.5, 0.6) is 0 Å². The zero-order valence-electron chi connectivity index (χ0n) is 9.19. The quantitative estimate of drug-likeness (QED) is 0.838. The van der Waals surface area contributed by atoms with Gasteiger partial charge in [-0.25, -0.2) is 9.97 Å². The average Bonchev–Trinajstić information content (AvgIpc) is 2.29. The van der Waals surface area contributed by atoms with Gasteiger partial charge in [-0.05, 0) is 40.5 Å². The van der Waals surface area contributed by atoms with Crippen molar-refractivity contribution in [2.45, 2.75) is 13.0 Å². The minimum absolute atomic E-state index is 0.189. The molecular formula is C12H11Br2N3. The zero-order valence-corrected chi connectivity index (χ0v) is 12.4. The van der Waals surface area contributed by atoms with Crippen LogP contribution < -0.4 is 5.32 Å². The summed E-state index contributed by atoms with van der Waals surface area (Å²) in [5.41, 5.74) is 1.20. The summed E-state index contributed by atoms with van der Waals surface area (Å²) in [7, 11) is 0. The molecular weight excluding hydrogens is 346 g/mol. The van der Waals surface area contributed by atoms with Gasteiger partial charge in [0.25, 0.3) is 0 Å². The lowest BCUT2D eigenvalue weighted by molar-refractivity contribution is 0.870. The van der Waals surface area contributed by atoms with Crippen molar-refractivity contribution in [1.82, 2.24) is 9.97 Å². The van der Waals surface area contributed by atoms with E-state index in [0.717, 1.165) is 14.9 Å². The van der Waals surface area contributed by atoms with Crippen molar-refractivity contribution in [3.63, 3.8) is 0 Å². The summed E-state index contributed by atoms with van der Waals surface area (Å²) in [6.45, 7) is 2.10. The van der Waals surface area contributed by atoms with E-state index in [4.69, 9.17) is 0 Å². The number of hydrogen-bond acceptors (Lipinski definition) is 3. The van der Waals surface area contributed by atoms with Gasteiger partial charge in [0.2, 0.25) is 0 Å². The van der Waals surface area contributed by atoms with Gasteiger partial charge < -0.3 is 5.32 Å². The molecule has 0 aliphatic heterocycles. The molecule has 1 N–H and O–H groups in total. The van der Waals surface area contributed by atoms with Gasteiger partial charge in [-0.1, -0.05) is 28.1 Å². The molecule has 0 saturated heterocycles. The molecule has 3 nitrogen and oxygen atoms in total. The largest absolute Gasteiger partial charge is 0.363 e. The Bertz CT molecular complexity index is 517. The van der Waals surface area contributed by atoms with Crippen LogP contribution in [0.1, 0.15) is 18.5 Å². The molecule has 0 radical (unpaired) electrons. The predicted octanol–water partition coefficient (Wildman–Crippen LogP) is 4.17. The average molecular weight is 357 g/mol. The molecule has 1 heterocycles. The van der Waals surface area contributed by atoms with Crippen LogP contribution in [0.15, 0.2) is 45.7 Å². The highest BCUT2D eigenvalue weighted by Gasteiger charge is 2.06. The monoisotopic (exact) mass is 355 g/mol. The minimum Gasteiger partial charge on any atom is -0.363 e. The fourth-order valence-electron chi connectivity index (χ4n) is 1.49. The lowest BCUT2D eigenvalue weighted by Gasteiger charge is -2.15. The lowest BCUT2D eigenvalue weighted by atomic mass is 10.1. The molecule has 0 saturated carbocycles. The number of hydrogen-bond donors (Lipinski definition) is 1. The van der Waals surface area contributed by atoms with Crippen molar-refractivity contribution in [3.05, 3.63) is 51.3 Å². The summed E-state index contributed by atoms with van der Waals surface area (Å²) in [6, 6.07) is 10.3. The van der Waals surface area contributed by atoms with Crippen LogP contribution in [0.3, 0.4) is 0 Å². The van der Waals surface area contributed by atoms with Crippen LogP contribution in [-0.2, 0) is 0 Å². The maximum Gasteiger partial charge on any atom is 0.130 e. The summed E-state index contributed by atoms with van der Waals surface area (Å²) >= 11 is 6.79. The third-order valence-electron chi connectivity index (χ3n) is 2.35. The van der Waals surface area contributed by atoms with Gasteiger partial charge in [0.15, 0.2) is 0 Å². The van der Waals surface area contributed by atoms with E-state index >= 15 is 0 Å². The first-order chi connectivity index (χ1) is 8.15. The summed E-state index contributed by atoms with van der Waals surface area (Å²) < 4.78 is 1.85.